The van der Waals surface area contributed by atoms with E-state index in [0.29, 0.717) is 6.54 Å². The zero-order valence-corrected chi connectivity index (χ0v) is 8.19. The van der Waals surface area contributed by atoms with Crippen molar-refractivity contribution in [1.82, 2.24) is 9.36 Å². The Morgan fingerprint density at radius 1 is 1.75 bits per heavy atom. The molecule has 0 saturated carbocycles. The van der Waals surface area contributed by atoms with Crippen molar-refractivity contribution in [1.29, 1.82) is 0 Å². The van der Waals surface area contributed by atoms with E-state index in [0.717, 1.165) is 11.6 Å². The summed E-state index contributed by atoms with van der Waals surface area (Å²) in [6.45, 7) is 4.78. The molecule has 12 heavy (non-hydrogen) atoms. The van der Waals surface area contributed by atoms with Gasteiger partial charge in [-0.05, 0) is 13.3 Å². The Hall–Kier alpha value is -0.680. The van der Waals surface area contributed by atoms with Gasteiger partial charge in [0.25, 0.3) is 0 Å². The standard InChI is InChI=1S/C7H14N4S/c1-3-7(2,4-8)11-6-9-5-10-12-6/h5H,3-4,8H2,1-2H3,(H,9,10,11). The molecule has 0 aliphatic rings. The van der Waals surface area contributed by atoms with Crippen LogP contribution in [-0.4, -0.2) is 21.4 Å². The van der Waals surface area contributed by atoms with Crippen LogP contribution in [0.3, 0.4) is 0 Å². The zero-order valence-electron chi connectivity index (χ0n) is 7.37. The fraction of sp³-hybridized carbons (Fsp3) is 0.714. The number of nitrogens with zero attached hydrogens (tertiary/aromatic N) is 2. The minimum Gasteiger partial charge on any atom is -0.354 e. The molecule has 68 valence electrons. The van der Waals surface area contributed by atoms with E-state index in [1.54, 1.807) is 6.33 Å². The predicted octanol–water partition coefficient (Wildman–Crippen LogP) is 1.08. The summed E-state index contributed by atoms with van der Waals surface area (Å²) in [5, 5.41) is 4.09. The van der Waals surface area contributed by atoms with Gasteiger partial charge in [0.05, 0.1) is 0 Å². The summed E-state index contributed by atoms with van der Waals surface area (Å²) in [4.78, 5) is 4.04. The van der Waals surface area contributed by atoms with Gasteiger partial charge in [0.1, 0.15) is 6.33 Å². The normalized spacial score (nSPS) is 15.6. The van der Waals surface area contributed by atoms with Crippen molar-refractivity contribution >= 4 is 16.7 Å². The maximum Gasteiger partial charge on any atom is 0.202 e. The van der Waals surface area contributed by atoms with Gasteiger partial charge in [-0.2, -0.15) is 4.37 Å². The molecular formula is C7H14N4S. The summed E-state index contributed by atoms with van der Waals surface area (Å²) in [7, 11) is 0. The molecule has 0 aromatic carbocycles. The largest absolute Gasteiger partial charge is 0.354 e. The quantitative estimate of drug-likeness (QED) is 0.738. The third kappa shape index (κ3) is 2.15. The summed E-state index contributed by atoms with van der Waals surface area (Å²) < 4.78 is 3.90. The highest BCUT2D eigenvalue weighted by atomic mass is 32.1. The van der Waals surface area contributed by atoms with Crippen LogP contribution in [0, 0.1) is 0 Å². The number of aromatic nitrogens is 2. The maximum absolute atomic E-state index is 5.63. The molecule has 0 radical (unpaired) electrons. The first-order valence-corrected chi connectivity index (χ1v) is 4.72. The summed E-state index contributed by atoms with van der Waals surface area (Å²) in [6, 6.07) is 0. The van der Waals surface area contributed by atoms with Gasteiger partial charge < -0.3 is 11.1 Å². The first kappa shape index (κ1) is 9.41. The molecule has 5 heteroatoms. The smallest absolute Gasteiger partial charge is 0.202 e. The van der Waals surface area contributed by atoms with Gasteiger partial charge in [0.15, 0.2) is 0 Å². The minimum absolute atomic E-state index is 0.0560. The molecule has 0 amide bonds. The van der Waals surface area contributed by atoms with Crippen molar-refractivity contribution in [2.45, 2.75) is 25.8 Å². The minimum atomic E-state index is -0.0560. The van der Waals surface area contributed by atoms with Crippen LogP contribution in [-0.2, 0) is 0 Å². The lowest BCUT2D eigenvalue weighted by Crippen LogP contribution is -2.41. The number of rotatable bonds is 4. The van der Waals surface area contributed by atoms with Gasteiger partial charge >= 0.3 is 0 Å². The van der Waals surface area contributed by atoms with Gasteiger partial charge in [-0.25, -0.2) is 4.98 Å². The van der Waals surface area contributed by atoms with E-state index in [1.807, 2.05) is 0 Å². The van der Waals surface area contributed by atoms with Gasteiger partial charge in [-0.1, -0.05) is 6.92 Å². The van der Waals surface area contributed by atoms with Crippen molar-refractivity contribution in [2.24, 2.45) is 5.73 Å². The van der Waals surface area contributed by atoms with Crippen molar-refractivity contribution < 1.29 is 0 Å². The number of nitrogens with one attached hydrogen (secondary N) is 1. The van der Waals surface area contributed by atoms with Crippen molar-refractivity contribution in [3.63, 3.8) is 0 Å². The van der Waals surface area contributed by atoms with Crippen LogP contribution in [0.15, 0.2) is 6.33 Å². The van der Waals surface area contributed by atoms with Gasteiger partial charge in [-0.3, -0.25) is 0 Å². The summed E-state index contributed by atoms with van der Waals surface area (Å²) in [5.74, 6) is 0. The summed E-state index contributed by atoms with van der Waals surface area (Å²) in [6.07, 6.45) is 2.52. The molecule has 0 bridgehead atoms. The molecule has 0 fully saturated rings. The Morgan fingerprint density at radius 2 is 2.50 bits per heavy atom. The molecule has 0 aliphatic heterocycles. The van der Waals surface area contributed by atoms with Crippen LogP contribution < -0.4 is 11.1 Å². The number of nitrogens with two attached hydrogens (primary N) is 1. The van der Waals surface area contributed by atoms with E-state index >= 15 is 0 Å². The van der Waals surface area contributed by atoms with Crippen LogP contribution in [0.5, 0.6) is 0 Å². The Morgan fingerprint density at radius 3 is 2.92 bits per heavy atom. The summed E-state index contributed by atoms with van der Waals surface area (Å²) in [5.41, 5.74) is 5.57. The lowest BCUT2D eigenvalue weighted by atomic mass is 10.00. The first-order valence-electron chi connectivity index (χ1n) is 3.95. The first-order chi connectivity index (χ1) is 5.70. The van der Waals surface area contributed by atoms with Crippen molar-refractivity contribution in [3.8, 4) is 0 Å². The Balaban J connectivity index is 2.60. The highest BCUT2D eigenvalue weighted by molar-refractivity contribution is 7.09. The number of anilines is 1. The maximum atomic E-state index is 5.63. The molecule has 4 nitrogen and oxygen atoms in total. The second-order valence-electron chi connectivity index (χ2n) is 2.99. The van der Waals surface area contributed by atoms with E-state index < -0.39 is 0 Å². The van der Waals surface area contributed by atoms with Gasteiger partial charge in [0, 0.05) is 23.6 Å². The Kier molecular flexibility index (Phi) is 2.99. The average Bonchev–Trinajstić information content (AvgIpc) is 2.57. The van der Waals surface area contributed by atoms with Crippen LogP contribution in [0.2, 0.25) is 0 Å². The van der Waals surface area contributed by atoms with Crippen LogP contribution in [0.25, 0.3) is 0 Å². The van der Waals surface area contributed by atoms with E-state index in [4.69, 9.17) is 5.73 Å². The van der Waals surface area contributed by atoms with E-state index in [9.17, 15) is 0 Å². The van der Waals surface area contributed by atoms with E-state index in [2.05, 4.69) is 28.5 Å². The predicted molar refractivity (Wildman–Crippen MR) is 51.3 cm³/mol. The zero-order chi connectivity index (χ0) is 9.03. The lowest BCUT2D eigenvalue weighted by Gasteiger charge is -2.27. The molecule has 1 rings (SSSR count). The molecule has 0 aliphatic carbocycles. The molecule has 0 spiro atoms. The van der Waals surface area contributed by atoms with Crippen LogP contribution >= 0.6 is 11.5 Å². The van der Waals surface area contributed by atoms with Crippen LogP contribution in [0.4, 0.5) is 5.13 Å². The molecule has 1 unspecified atom stereocenters. The Bertz CT molecular complexity index is 217. The third-order valence-electron chi connectivity index (χ3n) is 2.00. The van der Waals surface area contributed by atoms with Crippen LogP contribution in [0.1, 0.15) is 20.3 Å². The molecule has 1 aromatic rings. The highest BCUT2D eigenvalue weighted by Gasteiger charge is 2.20. The fourth-order valence-corrected chi connectivity index (χ4v) is 1.35. The number of hydrogen-bond acceptors (Lipinski definition) is 5. The SMILES string of the molecule is CCC(C)(CN)Nc1ncns1. The molecule has 1 aromatic heterocycles. The average molecular weight is 186 g/mol. The second-order valence-corrected chi connectivity index (χ2v) is 3.77. The number of hydrogen-bond donors (Lipinski definition) is 2. The second kappa shape index (κ2) is 3.82. The molecule has 1 heterocycles. The monoisotopic (exact) mass is 186 g/mol. The molecule has 0 saturated heterocycles. The topological polar surface area (TPSA) is 63.8 Å². The fourth-order valence-electron chi connectivity index (χ4n) is 0.770. The highest BCUT2D eigenvalue weighted by Crippen LogP contribution is 2.17. The third-order valence-corrected chi connectivity index (χ3v) is 2.58. The van der Waals surface area contributed by atoms with E-state index in [-0.39, 0.29) is 5.54 Å². The van der Waals surface area contributed by atoms with Crippen molar-refractivity contribution in [2.75, 3.05) is 11.9 Å². The molecule has 1 atom stereocenters. The molecular weight excluding hydrogens is 172 g/mol. The Labute approximate surface area is 76.4 Å². The van der Waals surface area contributed by atoms with Gasteiger partial charge in [-0.15, -0.1) is 0 Å². The summed E-state index contributed by atoms with van der Waals surface area (Å²) >= 11 is 1.35. The molecule has 3 N–H and O–H groups in total. The van der Waals surface area contributed by atoms with E-state index in [1.165, 1.54) is 11.5 Å². The van der Waals surface area contributed by atoms with Crippen molar-refractivity contribution in [3.05, 3.63) is 6.33 Å². The lowest BCUT2D eigenvalue weighted by molar-refractivity contribution is 0.506. The van der Waals surface area contributed by atoms with Gasteiger partial charge in [0.2, 0.25) is 5.13 Å².